The first kappa shape index (κ1) is 19.2. The van der Waals surface area contributed by atoms with Crippen molar-refractivity contribution in [3.05, 3.63) is 29.8 Å². The summed E-state index contributed by atoms with van der Waals surface area (Å²) in [6.45, 7) is 7.05. The van der Waals surface area contributed by atoms with E-state index in [0.717, 1.165) is 17.9 Å². The molecule has 0 aliphatic heterocycles. The predicted molar refractivity (Wildman–Crippen MR) is 86.8 cm³/mol. The second-order valence-electron chi connectivity index (χ2n) is 6.40. The lowest BCUT2D eigenvalue weighted by atomic mass is 9.70. The van der Waals surface area contributed by atoms with Crippen LogP contribution in [0.3, 0.4) is 0 Å². The Morgan fingerprint density at radius 3 is 2.25 bits per heavy atom. The van der Waals surface area contributed by atoms with Crippen LogP contribution in [0.5, 0.6) is 5.75 Å². The molecule has 0 heterocycles. The minimum atomic E-state index is -0.869. The maximum Gasteiger partial charge on any atom is 0.119 e. The number of hydrogen-bond donors (Lipinski definition) is 1. The first-order valence-corrected chi connectivity index (χ1v) is 6.72. The quantitative estimate of drug-likeness (QED) is 0.906. The van der Waals surface area contributed by atoms with Crippen LogP contribution >= 0.6 is 12.4 Å². The minimum absolute atomic E-state index is 0. The summed E-state index contributed by atoms with van der Waals surface area (Å²) < 4.78 is 5.27. The molecule has 0 saturated heterocycles. The zero-order valence-electron chi connectivity index (χ0n) is 13.4. The summed E-state index contributed by atoms with van der Waals surface area (Å²) in [4.78, 5) is 2.09. The number of benzene rings is 1. The third-order valence-electron chi connectivity index (χ3n) is 3.71. The van der Waals surface area contributed by atoms with Crippen molar-refractivity contribution in [1.82, 2.24) is 4.90 Å². The highest BCUT2D eigenvalue weighted by molar-refractivity contribution is 5.85. The summed E-state index contributed by atoms with van der Waals surface area (Å²) in [6, 6.07) is 7.74. The van der Waals surface area contributed by atoms with E-state index in [-0.39, 0.29) is 17.8 Å². The van der Waals surface area contributed by atoms with E-state index in [9.17, 15) is 5.11 Å². The molecule has 0 fully saturated rings. The van der Waals surface area contributed by atoms with Crippen molar-refractivity contribution in [2.75, 3.05) is 27.7 Å². The van der Waals surface area contributed by atoms with Crippen LogP contribution in [-0.4, -0.2) is 37.8 Å². The number of halogens is 1. The van der Waals surface area contributed by atoms with Gasteiger partial charge in [-0.25, -0.2) is 0 Å². The lowest BCUT2D eigenvalue weighted by molar-refractivity contribution is -0.0747. The van der Waals surface area contributed by atoms with Gasteiger partial charge in [-0.15, -0.1) is 12.4 Å². The Labute approximate surface area is 129 Å². The van der Waals surface area contributed by atoms with E-state index in [2.05, 4.69) is 25.7 Å². The fourth-order valence-electron chi connectivity index (χ4n) is 2.22. The number of ether oxygens (including phenoxy) is 1. The zero-order valence-corrected chi connectivity index (χ0v) is 14.3. The van der Waals surface area contributed by atoms with Crippen molar-refractivity contribution < 1.29 is 9.84 Å². The van der Waals surface area contributed by atoms with Gasteiger partial charge in [-0.1, -0.05) is 32.9 Å². The van der Waals surface area contributed by atoms with Crippen LogP contribution in [0.2, 0.25) is 0 Å². The normalized spacial score (nSPS) is 14.6. The predicted octanol–water partition coefficient (Wildman–Crippen LogP) is 3.30. The van der Waals surface area contributed by atoms with Crippen molar-refractivity contribution in [3.63, 3.8) is 0 Å². The summed E-state index contributed by atoms with van der Waals surface area (Å²) in [5.74, 6) is 0.782. The molecule has 0 aliphatic rings. The lowest BCUT2D eigenvalue weighted by Crippen LogP contribution is -2.42. The van der Waals surface area contributed by atoms with Gasteiger partial charge in [0.15, 0.2) is 0 Å². The van der Waals surface area contributed by atoms with E-state index >= 15 is 0 Å². The van der Waals surface area contributed by atoms with Crippen LogP contribution < -0.4 is 4.74 Å². The fraction of sp³-hybridized carbons (Fsp3) is 0.625. The molecule has 20 heavy (non-hydrogen) atoms. The number of nitrogens with zero attached hydrogens (tertiary/aromatic N) is 1. The molecule has 1 rings (SSSR count). The van der Waals surface area contributed by atoms with Gasteiger partial charge >= 0.3 is 0 Å². The molecule has 0 bridgehead atoms. The summed E-state index contributed by atoms with van der Waals surface area (Å²) >= 11 is 0. The number of rotatable bonds is 5. The Hall–Kier alpha value is -0.770. The van der Waals surface area contributed by atoms with Gasteiger partial charge in [0, 0.05) is 6.54 Å². The maximum atomic E-state index is 11.2. The molecular weight excluding hydrogens is 274 g/mol. The molecule has 0 aliphatic carbocycles. The molecule has 0 amide bonds. The number of methoxy groups -OCH3 is 1. The third kappa shape index (κ3) is 4.37. The zero-order chi connectivity index (χ0) is 14.7. The standard InChI is InChI=1S/C16H27NO2.ClH/c1-15(2,3)16(18,10-11-17(4)5)13-8-7-9-14(12-13)19-6;/h7-9,12,18H,10-11H2,1-6H3;1H/t16-;/m1./s1. The van der Waals surface area contributed by atoms with Gasteiger partial charge in [-0.05, 0) is 43.6 Å². The van der Waals surface area contributed by atoms with Crippen LogP contribution in [0.4, 0.5) is 0 Å². The Morgan fingerprint density at radius 2 is 1.80 bits per heavy atom. The number of aliphatic hydroxyl groups is 1. The Morgan fingerprint density at radius 1 is 1.20 bits per heavy atom. The minimum Gasteiger partial charge on any atom is -0.497 e. The van der Waals surface area contributed by atoms with Gasteiger partial charge < -0.3 is 14.7 Å². The molecule has 1 atom stereocenters. The van der Waals surface area contributed by atoms with Crippen molar-refractivity contribution in [2.45, 2.75) is 32.8 Å². The van der Waals surface area contributed by atoms with Gasteiger partial charge in [0.25, 0.3) is 0 Å². The topological polar surface area (TPSA) is 32.7 Å². The van der Waals surface area contributed by atoms with Gasteiger partial charge in [0.05, 0.1) is 12.7 Å². The van der Waals surface area contributed by atoms with Crippen molar-refractivity contribution in [1.29, 1.82) is 0 Å². The lowest BCUT2D eigenvalue weighted by Gasteiger charge is -2.41. The average Bonchev–Trinajstić information content (AvgIpc) is 2.34. The van der Waals surface area contributed by atoms with Gasteiger partial charge in [0.1, 0.15) is 5.75 Å². The van der Waals surface area contributed by atoms with Crippen molar-refractivity contribution in [3.8, 4) is 5.75 Å². The molecule has 116 valence electrons. The number of hydrogen-bond acceptors (Lipinski definition) is 3. The summed E-state index contributed by atoms with van der Waals surface area (Å²) in [6.07, 6.45) is 0.691. The second kappa shape index (κ2) is 7.30. The molecule has 3 nitrogen and oxygen atoms in total. The molecule has 0 spiro atoms. The van der Waals surface area contributed by atoms with Gasteiger partial charge in [0.2, 0.25) is 0 Å². The van der Waals surface area contributed by atoms with E-state index in [1.54, 1.807) is 7.11 Å². The van der Waals surface area contributed by atoms with Gasteiger partial charge in [-0.3, -0.25) is 0 Å². The molecule has 1 aromatic rings. The van der Waals surface area contributed by atoms with Crippen LogP contribution in [-0.2, 0) is 5.60 Å². The van der Waals surface area contributed by atoms with E-state index in [1.807, 2.05) is 38.4 Å². The molecule has 0 saturated carbocycles. The largest absolute Gasteiger partial charge is 0.497 e. The SMILES string of the molecule is COc1cccc([C@](O)(CCN(C)C)C(C)(C)C)c1.Cl. The van der Waals surface area contributed by atoms with Crippen LogP contribution in [0.15, 0.2) is 24.3 Å². The van der Waals surface area contributed by atoms with Crippen molar-refractivity contribution in [2.24, 2.45) is 5.41 Å². The molecule has 0 unspecified atom stereocenters. The summed E-state index contributed by atoms with van der Waals surface area (Å²) in [7, 11) is 5.69. The summed E-state index contributed by atoms with van der Waals surface area (Å²) in [5, 5.41) is 11.2. The molecule has 4 heteroatoms. The van der Waals surface area contributed by atoms with E-state index < -0.39 is 5.60 Å². The van der Waals surface area contributed by atoms with Crippen LogP contribution in [0.1, 0.15) is 32.8 Å². The fourth-order valence-corrected chi connectivity index (χ4v) is 2.22. The molecule has 1 aromatic carbocycles. The van der Waals surface area contributed by atoms with E-state index in [1.165, 1.54) is 0 Å². The monoisotopic (exact) mass is 301 g/mol. The third-order valence-corrected chi connectivity index (χ3v) is 3.71. The van der Waals surface area contributed by atoms with Crippen molar-refractivity contribution >= 4 is 12.4 Å². The molecular formula is C16H28ClNO2. The Kier molecular flexibility index (Phi) is 7.02. The summed E-state index contributed by atoms with van der Waals surface area (Å²) in [5.41, 5.74) is -0.192. The maximum absolute atomic E-state index is 11.2. The highest BCUT2D eigenvalue weighted by atomic mass is 35.5. The highest BCUT2D eigenvalue weighted by Crippen LogP contribution is 2.42. The Balaban J connectivity index is 0.00000361. The highest BCUT2D eigenvalue weighted by Gasteiger charge is 2.41. The Bertz CT molecular complexity index is 415. The smallest absolute Gasteiger partial charge is 0.119 e. The van der Waals surface area contributed by atoms with E-state index in [4.69, 9.17) is 4.74 Å². The van der Waals surface area contributed by atoms with Crippen LogP contribution in [0, 0.1) is 5.41 Å². The first-order chi connectivity index (χ1) is 8.70. The first-order valence-electron chi connectivity index (χ1n) is 6.72. The average molecular weight is 302 g/mol. The van der Waals surface area contributed by atoms with E-state index in [0.29, 0.717) is 6.42 Å². The molecule has 0 radical (unpaired) electrons. The second-order valence-corrected chi connectivity index (χ2v) is 6.40. The molecule has 1 N–H and O–H groups in total. The van der Waals surface area contributed by atoms with Crippen LogP contribution in [0.25, 0.3) is 0 Å². The molecule has 0 aromatic heterocycles. The van der Waals surface area contributed by atoms with Gasteiger partial charge in [-0.2, -0.15) is 0 Å².